The molecule has 4 saturated heterocycles. The van der Waals surface area contributed by atoms with E-state index in [4.69, 9.17) is 11.6 Å². The number of hydrogen-bond donors (Lipinski definition) is 1. The lowest BCUT2D eigenvalue weighted by molar-refractivity contribution is -0.136. The van der Waals surface area contributed by atoms with Crippen molar-refractivity contribution in [2.75, 3.05) is 62.2 Å². The van der Waals surface area contributed by atoms with Crippen LogP contribution in [0, 0.1) is 16.7 Å². The molecular weight excluding hydrogens is 772 g/mol. The number of nitrogens with zero attached hydrogens (tertiary/aromatic N) is 7. The van der Waals surface area contributed by atoms with E-state index in [0.29, 0.717) is 61.5 Å². The number of halogens is 1. The van der Waals surface area contributed by atoms with Crippen molar-refractivity contribution in [2.45, 2.75) is 64.2 Å². The highest BCUT2D eigenvalue weighted by atomic mass is 35.5. The molecule has 6 aliphatic heterocycles. The molecule has 304 valence electrons. The number of carbonyl (C=O) groups excluding carboxylic acids is 6. The van der Waals surface area contributed by atoms with Gasteiger partial charge in [-0.25, -0.2) is 0 Å². The fraction of sp³-hybridized carbons (Fsp3) is 0.432. The quantitative estimate of drug-likeness (QED) is 0.363. The number of amides is 6. The topological polar surface area (TPSA) is 158 Å². The summed E-state index contributed by atoms with van der Waals surface area (Å²) in [5.41, 5.74) is 5.55. The van der Waals surface area contributed by atoms with E-state index >= 15 is 0 Å². The van der Waals surface area contributed by atoms with Gasteiger partial charge in [0.1, 0.15) is 12.1 Å². The molecule has 6 aliphatic rings. The summed E-state index contributed by atoms with van der Waals surface area (Å²) < 4.78 is 0. The molecule has 14 nitrogen and oxygen atoms in total. The molecule has 0 aromatic heterocycles. The number of anilines is 2. The summed E-state index contributed by atoms with van der Waals surface area (Å²) in [4.78, 5) is 89.0. The van der Waals surface area contributed by atoms with Crippen molar-refractivity contribution in [1.29, 1.82) is 5.26 Å². The zero-order chi connectivity index (χ0) is 41.2. The number of benzene rings is 3. The van der Waals surface area contributed by atoms with E-state index < -0.39 is 29.7 Å². The third-order valence-electron chi connectivity index (χ3n) is 13.3. The van der Waals surface area contributed by atoms with E-state index in [1.165, 1.54) is 0 Å². The predicted molar refractivity (Wildman–Crippen MR) is 218 cm³/mol. The largest absolute Gasteiger partial charge is 0.371 e. The maximum Gasteiger partial charge on any atom is 0.262 e. The normalized spacial score (nSPS) is 22.8. The molecule has 0 bridgehead atoms. The first kappa shape index (κ1) is 38.7. The lowest BCUT2D eigenvalue weighted by atomic mass is 9.76. The molecule has 3 aromatic rings. The van der Waals surface area contributed by atoms with Gasteiger partial charge in [-0.1, -0.05) is 11.6 Å². The van der Waals surface area contributed by atoms with Crippen molar-refractivity contribution in [3.05, 3.63) is 93.0 Å². The van der Waals surface area contributed by atoms with Crippen molar-refractivity contribution in [1.82, 2.24) is 24.9 Å². The van der Waals surface area contributed by atoms with Gasteiger partial charge in [0.15, 0.2) is 0 Å². The summed E-state index contributed by atoms with van der Waals surface area (Å²) in [5.74, 6) is -2.29. The van der Waals surface area contributed by atoms with Crippen molar-refractivity contribution in [3.8, 4) is 6.07 Å². The number of piperazine rings is 1. The minimum atomic E-state index is -1.03. The maximum absolute atomic E-state index is 13.5. The molecule has 0 aliphatic carbocycles. The average Bonchev–Trinajstić information content (AvgIpc) is 3.88. The van der Waals surface area contributed by atoms with Gasteiger partial charge in [0.05, 0.1) is 28.3 Å². The number of nitrogens with one attached hydrogen (secondary N) is 1. The van der Waals surface area contributed by atoms with Crippen LogP contribution in [0.25, 0.3) is 0 Å². The second-order valence-electron chi connectivity index (χ2n) is 16.9. The number of fused-ring (bicyclic) bond motifs is 2. The SMILES string of the molecule is C[C@H]1CC2(CCN(c3ccc(C(=O)N4CCN(CC(=O)N5Cc6cc7c(cc6C5)C(=O)N(C5CCC(=O)NC5=O)C7=O)CC4)cc3)CC2)CN1c1ccc(C#N)c(Cl)c1. The molecule has 1 unspecified atom stereocenters. The van der Waals surface area contributed by atoms with Gasteiger partial charge in [-0.05, 0) is 104 Å². The summed E-state index contributed by atoms with van der Waals surface area (Å²) in [7, 11) is 0. The molecule has 59 heavy (non-hydrogen) atoms. The molecular formula is C44H45ClN8O6. The van der Waals surface area contributed by atoms with Crippen LogP contribution in [0.2, 0.25) is 5.02 Å². The Morgan fingerprint density at radius 2 is 1.49 bits per heavy atom. The summed E-state index contributed by atoms with van der Waals surface area (Å²) in [5, 5.41) is 12.0. The molecule has 3 aromatic carbocycles. The minimum absolute atomic E-state index is 0.0219. The van der Waals surface area contributed by atoms with Gasteiger partial charge in [0, 0.05) is 88.3 Å². The number of rotatable bonds is 6. The molecule has 1 N–H and O–H groups in total. The van der Waals surface area contributed by atoms with E-state index in [1.807, 2.05) is 41.3 Å². The van der Waals surface area contributed by atoms with Gasteiger partial charge < -0.3 is 19.6 Å². The predicted octanol–water partition coefficient (Wildman–Crippen LogP) is 3.80. The van der Waals surface area contributed by atoms with Gasteiger partial charge in [-0.2, -0.15) is 5.26 Å². The summed E-state index contributed by atoms with van der Waals surface area (Å²) in [6.07, 6.45) is 3.41. The van der Waals surface area contributed by atoms with Gasteiger partial charge >= 0.3 is 0 Å². The molecule has 2 atom stereocenters. The van der Waals surface area contributed by atoms with Gasteiger partial charge in [-0.15, -0.1) is 0 Å². The first-order valence-electron chi connectivity index (χ1n) is 20.4. The Bertz CT molecular complexity index is 2280. The van der Waals surface area contributed by atoms with Gasteiger partial charge in [0.25, 0.3) is 17.7 Å². The van der Waals surface area contributed by atoms with Crippen LogP contribution in [-0.4, -0.2) is 119 Å². The van der Waals surface area contributed by atoms with E-state index in [9.17, 15) is 34.0 Å². The Balaban J connectivity index is 0.739. The molecule has 0 saturated carbocycles. The molecule has 9 rings (SSSR count). The van der Waals surface area contributed by atoms with E-state index in [-0.39, 0.29) is 47.7 Å². The standard InChI is InChI=1S/C44H45ClN8O6/c1-27-21-44(26-52(27)33-7-4-29(22-46)36(45)20-33)10-12-49(13-11-44)32-5-2-28(3-6-32)41(57)50-16-14-48(15-17-50)25-39(55)51-23-30-18-34-35(19-31(30)24-51)43(59)53(42(34)58)37-8-9-38(54)47-40(37)56/h2-7,18-20,27,37H,8-17,21,23-26H2,1H3,(H,47,54,56)/t27-,37?/m0/s1. The second kappa shape index (κ2) is 15.1. The van der Waals surface area contributed by atoms with Crippen molar-refractivity contribution in [3.63, 3.8) is 0 Å². The van der Waals surface area contributed by atoms with Crippen LogP contribution in [0.5, 0.6) is 0 Å². The fourth-order valence-electron chi connectivity index (χ4n) is 9.98. The second-order valence-corrected chi connectivity index (χ2v) is 17.3. The highest BCUT2D eigenvalue weighted by molar-refractivity contribution is 6.32. The molecule has 6 heterocycles. The molecule has 6 amide bonds. The molecule has 1 spiro atoms. The first-order chi connectivity index (χ1) is 28.4. The highest BCUT2D eigenvalue weighted by Gasteiger charge is 2.46. The van der Waals surface area contributed by atoms with Crippen LogP contribution >= 0.6 is 11.6 Å². The van der Waals surface area contributed by atoms with Crippen LogP contribution in [-0.2, 0) is 27.5 Å². The van der Waals surface area contributed by atoms with Crippen molar-refractivity contribution < 1.29 is 28.8 Å². The van der Waals surface area contributed by atoms with Crippen LogP contribution in [0.3, 0.4) is 0 Å². The Kier molecular flexibility index (Phi) is 9.92. The number of nitriles is 1. The molecule has 0 radical (unpaired) electrons. The summed E-state index contributed by atoms with van der Waals surface area (Å²) in [6, 6.07) is 18.5. The fourth-order valence-corrected chi connectivity index (χ4v) is 10.2. The van der Waals surface area contributed by atoms with E-state index in [1.54, 1.807) is 23.1 Å². The van der Waals surface area contributed by atoms with Crippen LogP contribution in [0.4, 0.5) is 11.4 Å². The van der Waals surface area contributed by atoms with Gasteiger partial charge in [-0.3, -0.25) is 43.9 Å². The average molecular weight is 817 g/mol. The third kappa shape index (κ3) is 7.10. The zero-order valence-electron chi connectivity index (χ0n) is 32.9. The van der Waals surface area contributed by atoms with Crippen LogP contribution in [0.1, 0.15) is 86.8 Å². The minimum Gasteiger partial charge on any atom is -0.371 e. The van der Waals surface area contributed by atoms with E-state index in [2.05, 4.69) is 33.0 Å². The highest BCUT2D eigenvalue weighted by Crippen LogP contribution is 2.46. The number of piperidine rings is 2. The number of carbonyl (C=O) groups is 6. The maximum atomic E-state index is 13.5. The van der Waals surface area contributed by atoms with Crippen molar-refractivity contribution >= 4 is 58.4 Å². The smallest absolute Gasteiger partial charge is 0.262 e. The molecule has 15 heteroatoms. The van der Waals surface area contributed by atoms with E-state index in [0.717, 1.165) is 66.3 Å². The van der Waals surface area contributed by atoms with Crippen LogP contribution < -0.4 is 15.1 Å². The van der Waals surface area contributed by atoms with Gasteiger partial charge in [0.2, 0.25) is 17.7 Å². The first-order valence-corrected chi connectivity index (χ1v) is 20.8. The van der Waals surface area contributed by atoms with Crippen molar-refractivity contribution in [2.24, 2.45) is 5.41 Å². The zero-order valence-corrected chi connectivity index (χ0v) is 33.7. The number of hydrogen-bond acceptors (Lipinski definition) is 10. The Morgan fingerprint density at radius 1 is 0.847 bits per heavy atom. The molecule has 4 fully saturated rings. The summed E-state index contributed by atoms with van der Waals surface area (Å²) in [6.45, 7) is 8.07. The van der Waals surface area contributed by atoms with Crippen LogP contribution in [0.15, 0.2) is 54.6 Å². The Morgan fingerprint density at radius 3 is 2.10 bits per heavy atom. The lowest BCUT2D eigenvalue weighted by Gasteiger charge is -2.40. The lowest BCUT2D eigenvalue weighted by Crippen LogP contribution is -2.54. The Labute approximate surface area is 347 Å². The number of imide groups is 2. The monoisotopic (exact) mass is 816 g/mol. The third-order valence-corrected chi connectivity index (χ3v) is 13.6. The summed E-state index contributed by atoms with van der Waals surface area (Å²) >= 11 is 6.37. The Hall–Kier alpha value is -5.78.